The van der Waals surface area contributed by atoms with Crippen LogP contribution in [0, 0.1) is 17.1 Å². The first-order chi connectivity index (χ1) is 12.0. The van der Waals surface area contributed by atoms with Gasteiger partial charge in [0.1, 0.15) is 17.6 Å². The Balaban J connectivity index is 2.03. The van der Waals surface area contributed by atoms with Gasteiger partial charge in [-0.25, -0.2) is 4.39 Å². The zero-order valence-corrected chi connectivity index (χ0v) is 13.9. The summed E-state index contributed by atoms with van der Waals surface area (Å²) in [5.41, 5.74) is 0.546. The molecule has 0 aromatic heterocycles. The second kappa shape index (κ2) is 7.09. The fourth-order valence-corrected chi connectivity index (χ4v) is 2.88. The highest BCUT2D eigenvalue weighted by atomic mass is 35.5. The average Bonchev–Trinajstić information content (AvgIpc) is 2.63. The van der Waals surface area contributed by atoms with Gasteiger partial charge in [0, 0.05) is 35.8 Å². The smallest absolute Gasteiger partial charge is 0.254 e. The third kappa shape index (κ3) is 3.43. The lowest BCUT2D eigenvalue weighted by atomic mass is 9.99. The highest BCUT2D eigenvalue weighted by Gasteiger charge is 2.21. The van der Waals surface area contributed by atoms with Crippen molar-refractivity contribution >= 4 is 17.5 Å². The first-order valence-electron chi connectivity index (χ1n) is 7.61. The van der Waals surface area contributed by atoms with Gasteiger partial charge in [0.25, 0.3) is 5.91 Å². The molecule has 0 atom stereocenters. The van der Waals surface area contributed by atoms with Crippen molar-refractivity contribution in [1.29, 1.82) is 5.26 Å². The van der Waals surface area contributed by atoms with E-state index >= 15 is 0 Å². The number of morpholine rings is 1. The molecule has 1 aliphatic heterocycles. The maximum Gasteiger partial charge on any atom is 0.254 e. The van der Waals surface area contributed by atoms with Gasteiger partial charge in [-0.15, -0.1) is 0 Å². The summed E-state index contributed by atoms with van der Waals surface area (Å²) in [7, 11) is 0. The molecule has 0 bridgehead atoms. The molecule has 1 N–H and O–H groups in total. The fourth-order valence-electron chi connectivity index (χ4n) is 2.68. The number of hydrogen-bond donors (Lipinski definition) is 1. The summed E-state index contributed by atoms with van der Waals surface area (Å²) >= 11 is 5.86. The predicted octanol–water partition coefficient (Wildman–Crippen LogP) is 3.20. The van der Waals surface area contributed by atoms with E-state index in [0.717, 1.165) is 0 Å². The van der Waals surface area contributed by atoms with Gasteiger partial charge in [0.2, 0.25) is 0 Å². The van der Waals surface area contributed by atoms with Crippen molar-refractivity contribution in [2.75, 3.05) is 26.3 Å². The van der Waals surface area contributed by atoms with E-state index in [0.29, 0.717) is 31.9 Å². The van der Waals surface area contributed by atoms with Gasteiger partial charge in [-0.2, -0.15) is 5.26 Å². The summed E-state index contributed by atoms with van der Waals surface area (Å²) in [6.45, 7) is 1.86. The lowest BCUT2D eigenvalue weighted by Crippen LogP contribution is -2.40. The molecular weight excluding hydrogens is 347 g/mol. The maximum absolute atomic E-state index is 14.3. The first kappa shape index (κ1) is 17.2. The van der Waals surface area contributed by atoms with Crippen molar-refractivity contribution in [2.45, 2.75) is 0 Å². The van der Waals surface area contributed by atoms with E-state index in [2.05, 4.69) is 0 Å². The molecule has 128 valence electrons. The largest absolute Gasteiger partial charge is 0.507 e. The lowest BCUT2D eigenvalue weighted by molar-refractivity contribution is 0.0303. The molecule has 1 amide bonds. The van der Waals surface area contributed by atoms with Crippen molar-refractivity contribution in [1.82, 2.24) is 4.90 Å². The Kier molecular flexibility index (Phi) is 4.88. The summed E-state index contributed by atoms with van der Waals surface area (Å²) in [5.74, 6) is -1.11. The second-order valence-electron chi connectivity index (χ2n) is 5.56. The number of rotatable bonds is 2. The van der Waals surface area contributed by atoms with Gasteiger partial charge in [-0.3, -0.25) is 4.79 Å². The Labute approximate surface area is 148 Å². The molecule has 1 aliphatic rings. The SMILES string of the molecule is N#Cc1cc(-c2cc(C(=O)N3CCOCC3)ccc2F)c(O)cc1Cl. The summed E-state index contributed by atoms with van der Waals surface area (Å²) in [5, 5.41) is 19.2. The quantitative estimate of drug-likeness (QED) is 0.892. The topological polar surface area (TPSA) is 73.6 Å². The number of carbonyl (C=O) groups excluding carboxylic acids is 1. The van der Waals surface area contributed by atoms with Crippen LogP contribution in [-0.2, 0) is 4.74 Å². The zero-order valence-electron chi connectivity index (χ0n) is 13.1. The van der Waals surface area contributed by atoms with Crippen LogP contribution in [0.15, 0.2) is 30.3 Å². The summed E-state index contributed by atoms with van der Waals surface area (Å²) in [6.07, 6.45) is 0. The molecule has 5 nitrogen and oxygen atoms in total. The molecule has 0 saturated carbocycles. The fraction of sp³-hybridized carbons (Fsp3) is 0.222. The number of benzene rings is 2. The number of nitrogens with zero attached hydrogens (tertiary/aromatic N) is 2. The molecule has 25 heavy (non-hydrogen) atoms. The van der Waals surface area contributed by atoms with E-state index < -0.39 is 5.82 Å². The zero-order chi connectivity index (χ0) is 18.0. The van der Waals surface area contributed by atoms with Gasteiger partial charge < -0.3 is 14.7 Å². The van der Waals surface area contributed by atoms with Crippen LogP contribution in [0.1, 0.15) is 15.9 Å². The lowest BCUT2D eigenvalue weighted by Gasteiger charge is -2.27. The molecule has 7 heteroatoms. The third-order valence-corrected chi connectivity index (χ3v) is 4.32. The molecule has 1 fully saturated rings. The molecule has 1 saturated heterocycles. The van der Waals surface area contributed by atoms with Crippen molar-refractivity contribution in [3.05, 3.63) is 52.3 Å². The van der Waals surface area contributed by atoms with Crippen LogP contribution in [0.3, 0.4) is 0 Å². The summed E-state index contributed by atoms with van der Waals surface area (Å²) in [6, 6.07) is 8.32. The Hall–Kier alpha value is -2.62. The van der Waals surface area contributed by atoms with Crippen LogP contribution in [-0.4, -0.2) is 42.2 Å². The number of amides is 1. The minimum Gasteiger partial charge on any atom is -0.507 e. The molecule has 0 radical (unpaired) electrons. The molecule has 2 aromatic rings. The molecule has 0 aliphatic carbocycles. The predicted molar refractivity (Wildman–Crippen MR) is 89.9 cm³/mol. The average molecular weight is 361 g/mol. The highest BCUT2D eigenvalue weighted by Crippen LogP contribution is 2.35. The third-order valence-electron chi connectivity index (χ3n) is 4.01. The minimum absolute atomic E-state index is 0.0322. The maximum atomic E-state index is 14.3. The Morgan fingerprint density at radius 3 is 2.64 bits per heavy atom. The standard InChI is InChI=1S/C18H14ClFN2O3/c19-15-9-17(23)14(8-12(15)10-21)13-7-11(1-2-16(13)20)18(24)22-3-5-25-6-4-22/h1-2,7-9,23H,3-6H2. The number of nitriles is 1. The van der Waals surface area contributed by atoms with Gasteiger partial charge in [-0.1, -0.05) is 11.6 Å². The second-order valence-corrected chi connectivity index (χ2v) is 5.97. The van der Waals surface area contributed by atoms with Crippen LogP contribution in [0.4, 0.5) is 4.39 Å². The highest BCUT2D eigenvalue weighted by molar-refractivity contribution is 6.32. The normalized spacial score (nSPS) is 14.2. The van der Waals surface area contributed by atoms with Gasteiger partial charge in [0.05, 0.1) is 23.8 Å². The van der Waals surface area contributed by atoms with Gasteiger partial charge in [0.15, 0.2) is 0 Å². The van der Waals surface area contributed by atoms with Crippen LogP contribution >= 0.6 is 11.6 Å². The summed E-state index contributed by atoms with van der Waals surface area (Å²) in [4.78, 5) is 14.2. The minimum atomic E-state index is -0.611. The van der Waals surface area contributed by atoms with E-state index in [1.165, 1.54) is 30.3 Å². The van der Waals surface area contributed by atoms with E-state index in [-0.39, 0.29) is 33.4 Å². The number of hydrogen-bond acceptors (Lipinski definition) is 4. The van der Waals surface area contributed by atoms with E-state index in [4.69, 9.17) is 21.6 Å². The van der Waals surface area contributed by atoms with E-state index in [1.807, 2.05) is 6.07 Å². The van der Waals surface area contributed by atoms with Crippen molar-refractivity contribution in [3.8, 4) is 22.9 Å². The van der Waals surface area contributed by atoms with Crippen molar-refractivity contribution in [2.24, 2.45) is 0 Å². The van der Waals surface area contributed by atoms with Gasteiger partial charge >= 0.3 is 0 Å². The molecule has 3 rings (SSSR count). The van der Waals surface area contributed by atoms with Crippen molar-refractivity contribution < 1.29 is 19.0 Å². The molecular formula is C18H14ClFN2O3. The van der Waals surface area contributed by atoms with Crippen LogP contribution < -0.4 is 0 Å². The molecule has 1 heterocycles. The van der Waals surface area contributed by atoms with Crippen LogP contribution in [0.25, 0.3) is 11.1 Å². The monoisotopic (exact) mass is 360 g/mol. The van der Waals surface area contributed by atoms with Crippen molar-refractivity contribution in [3.63, 3.8) is 0 Å². The first-order valence-corrected chi connectivity index (χ1v) is 7.98. The van der Waals surface area contributed by atoms with E-state index in [1.54, 1.807) is 4.90 Å². The number of halogens is 2. The number of ether oxygens (including phenoxy) is 1. The summed E-state index contributed by atoms with van der Waals surface area (Å²) < 4.78 is 19.5. The molecule has 0 spiro atoms. The number of phenols is 1. The Bertz CT molecular complexity index is 873. The Morgan fingerprint density at radius 2 is 1.96 bits per heavy atom. The van der Waals surface area contributed by atoms with Crippen LogP contribution in [0.2, 0.25) is 5.02 Å². The van der Waals surface area contributed by atoms with Crippen LogP contribution in [0.5, 0.6) is 5.75 Å². The molecule has 0 unspecified atom stereocenters. The van der Waals surface area contributed by atoms with Gasteiger partial charge in [-0.05, 0) is 24.3 Å². The Morgan fingerprint density at radius 1 is 1.24 bits per heavy atom. The molecule has 2 aromatic carbocycles. The number of phenolic OH excluding ortho intramolecular Hbond substituents is 1. The number of carbonyl (C=O) groups is 1. The van der Waals surface area contributed by atoms with E-state index in [9.17, 15) is 14.3 Å². The number of aromatic hydroxyl groups is 1.